The molecule has 1 aromatic heterocycles. The van der Waals surface area contributed by atoms with E-state index in [1.165, 1.54) is 16.9 Å². The molecular formula is C24H29ClN6O2S. The number of carbonyl (C=O) groups is 2. The molecule has 1 N–H and O–H groups in total. The summed E-state index contributed by atoms with van der Waals surface area (Å²) in [5.41, 5.74) is 6.34. The second-order valence-corrected chi connectivity index (χ2v) is 10.2. The van der Waals surface area contributed by atoms with E-state index in [1.807, 2.05) is 39.4 Å². The quantitative estimate of drug-likeness (QED) is 0.654. The molecule has 3 aliphatic rings. The van der Waals surface area contributed by atoms with Crippen LogP contribution in [-0.4, -0.2) is 66.5 Å². The Morgan fingerprint density at radius 3 is 2.76 bits per heavy atom. The minimum atomic E-state index is -0.316. The van der Waals surface area contributed by atoms with Crippen LogP contribution in [0.15, 0.2) is 34.7 Å². The molecule has 1 atom stereocenters. The van der Waals surface area contributed by atoms with Gasteiger partial charge in [-0.1, -0.05) is 24.6 Å². The highest BCUT2D eigenvalue weighted by molar-refractivity contribution is 7.12. The molecule has 10 heteroatoms. The van der Waals surface area contributed by atoms with Crippen LogP contribution in [0.2, 0.25) is 5.02 Å². The highest BCUT2D eigenvalue weighted by atomic mass is 35.5. The summed E-state index contributed by atoms with van der Waals surface area (Å²) < 4.78 is 0. The first-order valence-electron chi connectivity index (χ1n) is 11.8. The molecule has 0 radical (unpaired) electrons. The minimum Gasteiger partial charge on any atom is -0.368 e. The summed E-state index contributed by atoms with van der Waals surface area (Å²) in [5.74, 6) is 0.985. The summed E-state index contributed by atoms with van der Waals surface area (Å²) in [6.07, 6.45) is 1.47. The number of fused-ring (bicyclic) bond motifs is 3. The maximum Gasteiger partial charge on any atom is 0.269 e. The monoisotopic (exact) mass is 500 g/mol. The van der Waals surface area contributed by atoms with E-state index in [9.17, 15) is 9.59 Å². The number of hydrazone groups is 1. The van der Waals surface area contributed by atoms with E-state index in [0.717, 1.165) is 46.6 Å². The minimum absolute atomic E-state index is 0.0425. The van der Waals surface area contributed by atoms with Crippen LogP contribution in [0.3, 0.4) is 0 Å². The van der Waals surface area contributed by atoms with Crippen LogP contribution >= 0.6 is 22.9 Å². The van der Waals surface area contributed by atoms with Crippen LogP contribution in [0, 0.1) is 6.92 Å². The van der Waals surface area contributed by atoms with Crippen molar-refractivity contribution >= 4 is 52.0 Å². The molecule has 34 heavy (non-hydrogen) atoms. The van der Waals surface area contributed by atoms with Crippen LogP contribution in [-0.2, 0) is 4.79 Å². The van der Waals surface area contributed by atoms with Gasteiger partial charge in [0.2, 0.25) is 12.2 Å². The number of nitrogens with one attached hydrogen (secondary N) is 1. The van der Waals surface area contributed by atoms with Crippen molar-refractivity contribution in [3.63, 3.8) is 0 Å². The molecule has 8 nitrogen and oxygen atoms in total. The van der Waals surface area contributed by atoms with Gasteiger partial charge in [0.15, 0.2) is 0 Å². The molecule has 1 saturated heterocycles. The summed E-state index contributed by atoms with van der Waals surface area (Å²) in [5, 5.41) is 7.20. The van der Waals surface area contributed by atoms with Crippen molar-refractivity contribution in [2.24, 2.45) is 5.10 Å². The number of amides is 2. The van der Waals surface area contributed by atoms with Crippen LogP contribution < -0.4 is 15.2 Å². The fraction of sp³-hybridized carbons (Fsp3) is 0.458. The van der Waals surface area contributed by atoms with Gasteiger partial charge in [0.1, 0.15) is 10.7 Å². The maximum absolute atomic E-state index is 13.0. The van der Waals surface area contributed by atoms with Crippen molar-refractivity contribution in [1.29, 1.82) is 0 Å². The van der Waals surface area contributed by atoms with Gasteiger partial charge < -0.3 is 9.80 Å². The van der Waals surface area contributed by atoms with Crippen molar-refractivity contribution in [3.8, 4) is 0 Å². The predicted molar refractivity (Wildman–Crippen MR) is 137 cm³/mol. The zero-order valence-electron chi connectivity index (χ0n) is 19.5. The van der Waals surface area contributed by atoms with Gasteiger partial charge in [0.25, 0.3) is 5.91 Å². The number of benzene rings is 1. The molecule has 4 heterocycles. The molecular weight excluding hydrogens is 472 g/mol. The van der Waals surface area contributed by atoms with E-state index < -0.39 is 0 Å². The number of carbonyl (C=O) groups excluding carboxylic acids is 2. The molecule has 0 aliphatic carbocycles. The number of hydrogen-bond donors (Lipinski definition) is 1. The topological polar surface area (TPSA) is 71.5 Å². The van der Waals surface area contributed by atoms with E-state index in [1.54, 1.807) is 0 Å². The molecule has 0 bridgehead atoms. The SMILES string of the molecule is CCCN1C(=O)c2sccc2N2C(CCC(=O)N3CCN(c4cc(Cl)ccc4C)CC3)=NNC12. The lowest BCUT2D eigenvalue weighted by molar-refractivity contribution is -0.131. The standard InChI is InChI=1S/C24H29ClN6O2S/c1-3-9-30-23(33)22-18(8-14-34-22)31-20(26-27-24(30)31)6-7-21(32)29-12-10-28(11-13-29)19-15-17(25)5-4-16(19)2/h4-5,8,14-15,24,27H,3,6-7,9-13H2,1-2H3. The lowest BCUT2D eigenvalue weighted by atomic mass is 10.1. The van der Waals surface area contributed by atoms with E-state index in [2.05, 4.69) is 34.2 Å². The highest BCUT2D eigenvalue weighted by Crippen LogP contribution is 2.37. The molecule has 0 saturated carbocycles. The van der Waals surface area contributed by atoms with Gasteiger partial charge in [-0.3, -0.25) is 24.8 Å². The second kappa shape index (κ2) is 9.46. The molecule has 1 unspecified atom stereocenters. The van der Waals surface area contributed by atoms with Gasteiger partial charge in [0.05, 0.1) is 5.69 Å². The maximum atomic E-state index is 13.0. The molecule has 2 amide bonds. The first kappa shape index (κ1) is 23.0. The van der Waals surface area contributed by atoms with Crippen molar-refractivity contribution < 1.29 is 9.59 Å². The average Bonchev–Trinajstić information content (AvgIpc) is 3.49. The second-order valence-electron chi connectivity index (χ2n) is 8.83. The Kier molecular flexibility index (Phi) is 6.40. The zero-order chi connectivity index (χ0) is 23.8. The molecule has 5 rings (SSSR count). The Hall–Kier alpha value is -2.78. The number of aryl methyl sites for hydroxylation is 1. The Morgan fingerprint density at radius 2 is 2.00 bits per heavy atom. The van der Waals surface area contributed by atoms with Crippen molar-refractivity contribution in [2.45, 2.75) is 39.4 Å². The van der Waals surface area contributed by atoms with Crippen LogP contribution in [0.5, 0.6) is 0 Å². The molecule has 2 aromatic rings. The van der Waals surface area contributed by atoms with Gasteiger partial charge in [-0.15, -0.1) is 11.3 Å². The summed E-state index contributed by atoms with van der Waals surface area (Å²) >= 11 is 7.65. The number of piperazine rings is 1. The predicted octanol–water partition coefficient (Wildman–Crippen LogP) is 3.71. The third-order valence-electron chi connectivity index (χ3n) is 6.66. The van der Waals surface area contributed by atoms with E-state index in [4.69, 9.17) is 11.6 Å². The number of thiophene rings is 1. The Bertz CT molecular complexity index is 1130. The van der Waals surface area contributed by atoms with Crippen LogP contribution in [0.1, 0.15) is 41.4 Å². The van der Waals surface area contributed by atoms with Gasteiger partial charge in [-0.2, -0.15) is 5.10 Å². The molecule has 0 spiro atoms. The molecule has 1 aromatic carbocycles. The van der Waals surface area contributed by atoms with Gasteiger partial charge in [-0.25, -0.2) is 0 Å². The normalized spacial score (nSPS) is 19.7. The molecule has 3 aliphatic heterocycles. The molecule has 180 valence electrons. The lowest BCUT2D eigenvalue weighted by Gasteiger charge is -2.39. The highest BCUT2D eigenvalue weighted by Gasteiger charge is 2.43. The molecule has 1 fully saturated rings. The van der Waals surface area contributed by atoms with E-state index in [0.29, 0.717) is 32.5 Å². The Labute approximate surface area is 208 Å². The summed E-state index contributed by atoms with van der Waals surface area (Å²) in [4.78, 5) is 34.8. The van der Waals surface area contributed by atoms with Gasteiger partial charge >= 0.3 is 0 Å². The number of anilines is 2. The van der Waals surface area contributed by atoms with Crippen LogP contribution in [0.25, 0.3) is 0 Å². The average molecular weight is 501 g/mol. The number of hydrogen-bond acceptors (Lipinski definition) is 7. The fourth-order valence-electron chi connectivity index (χ4n) is 4.90. The lowest BCUT2D eigenvalue weighted by Crippen LogP contribution is -2.58. The number of amidine groups is 1. The third-order valence-corrected chi connectivity index (χ3v) is 7.78. The number of rotatable bonds is 6. The van der Waals surface area contributed by atoms with Crippen molar-refractivity contribution in [3.05, 3.63) is 45.1 Å². The van der Waals surface area contributed by atoms with Crippen molar-refractivity contribution in [1.82, 2.24) is 15.2 Å². The first-order valence-corrected chi connectivity index (χ1v) is 13.0. The number of halogens is 1. The Balaban J connectivity index is 1.20. The van der Waals surface area contributed by atoms with Crippen LogP contribution in [0.4, 0.5) is 11.4 Å². The van der Waals surface area contributed by atoms with Gasteiger partial charge in [0, 0.05) is 56.3 Å². The number of nitrogens with zero attached hydrogens (tertiary/aromatic N) is 5. The van der Waals surface area contributed by atoms with Crippen molar-refractivity contribution in [2.75, 3.05) is 42.5 Å². The smallest absolute Gasteiger partial charge is 0.269 e. The van der Waals surface area contributed by atoms with Gasteiger partial charge in [-0.05, 0) is 42.5 Å². The zero-order valence-corrected chi connectivity index (χ0v) is 21.0. The van der Waals surface area contributed by atoms with E-state index in [-0.39, 0.29) is 18.1 Å². The fourth-order valence-corrected chi connectivity index (χ4v) is 5.90. The summed E-state index contributed by atoms with van der Waals surface area (Å²) in [6, 6.07) is 7.91. The Morgan fingerprint density at radius 1 is 1.21 bits per heavy atom. The first-order chi connectivity index (χ1) is 16.5. The summed E-state index contributed by atoms with van der Waals surface area (Å²) in [6.45, 7) is 7.75. The third kappa shape index (κ3) is 4.11. The van der Waals surface area contributed by atoms with E-state index >= 15 is 0 Å². The summed E-state index contributed by atoms with van der Waals surface area (Å²) in [7, 11) is 0. The largest absolute Gasteiger partial charge is 0.368 e.